The van der Waals surface area contributed by atoms with E-state index in [0.29, 0.717) is 12.1 Å². The van der Waals surface area contributed by atoms with Gasteiger partial charge in [0.15, 0.2) is 5.78 Å². The predicted molar refractivity (Wildman–Crippen MR) is 337 cm³/mol. The van der Waals surface area contributed by atoms with Crippen LogP contribution >= 0.6 is 0 Å². The number of carbonyl (C=O) groups excluding carboxylic acids is 11. The summed E-state index contributed by atoms with van der Waals surface area (Å²) in [7, 11) is 0. The number of carboxylic acids is 8. The summed E-state index contributed by atoms with van der Waals surface area (Å²) in [5, 5.41) is 70.0. The van der Waals surface area contributed by atoms with Crippen molar-refractivity contribution in [2.75, 3.05) is 0 Å². The Morgan fingerprint density at radius 2 is 0.421 bits per heavy atom. The van der Waals surface area contributed by atoms with Crippen molar-refractivity contribution < 1.29 is 164 Å². The fourth-order valence-corrected chi connectivity index (χ4v) is 10.4. The third-order valence-corrected chi connectivity index (χ3v) is 15.3. The van der Waals surface area contributed by atoms with Gasteiger partial charge in [-0.2, -0.15) is 0 Å². The maximum absolute atomic E-state index is 12.5. The van der Waals surface area contributed by atoms with E-state index in [9.17, 15) is 110 Å². The smallest absolute Gasteiger partial charge is 0.346 e. The molecular formula is C69H28O38. The maximum Gasteiger partial charge on any atom is 0.346 e. The number of cyclic esters (lactones) is 10. The minimum atomic E-state index is -1.66. The summed E-state index contributed by atoms with van der Waals surface area (Å²) >= 11 is 0. The molecule has 0 radical (unpaired) electrons. The molecule has 0 bridgehead atoms. The summed E-state index contributed by atoms with van der Waals surface area (Å²) in [5.41, 5.74) is -6.47. The van der Waals surface area contributed by atoms with Crippen molar-refractivity contribution in [3.63, 3.8) is 0 Å². The first-order chi connectivity index (χ1) is 50.4. The second-order valence-corrected chi connectivity index (χ2v) is 21.5. The normalized spacial score (nSPS) is 12.9. The average Bonchev–Trinajstić information content (AvgIpc) is 1.46. The van der Waals surface area contributed by atoms with E-state index in [4.69, 9.17) is 40.9 Å². The van der Waals surface area contributed by atoms with Gasteiger partial charge < -0.3 is 73.4 Å². The van der Waals surface area contributed by atoms with E-state index in [1.54, 1.807) is 0 Å². The van der Waals surface area contributed by atoms with Crippen LogP contribution < -0.4 is 22.5 Å². The van der Waals surface area contributed by atoms with Crippen molar-refractivity contribution in [1.29, 1.82) is 0 Å². The van der Waals surface area contributed by atoms with Crippen molar-refractivity contribution in [1.82, 2.24) is 0 Å². The number of rotatable bonds is 10. The summed E-state index contributed by atoms with van der Waals surface area (Å²) in [6.45, 7) is 0. The first-order valence-corrected chi connectivity index (χ1v) is 28.7. The van der Waals surface area contributed by atoms with Gasteiger partial charge in [-0.1, -0.05) is 12.1 Å². The summed E-state index contributed by atoms with van der Waals surface area (Å²) in [6, 6.07) is 23.3. The van der Waals surface area contributed by atoms with Crippen molar-refractivity contribution in [2.24, 2.45) is 0 Å². The molecule has 0 spiro atoms. The van der Waals surface area contributed by atoms with Gasteiger partial charge in [-0.05, 0) is 109 Å². The van der Waals surface area contributed by atoms with Gasteiger partial charge in [-0.3, -0.25) is 4.79 Å². The first kappa shape index (κ1) is 73.2. The number of fused-ring (bicyclic) bond motifs is 5. The van der Waals surface area contributed by atoms with Crippen LogP contribution in [0.1, 0.15) is 202 Å². The van der Waals surface area contributed by atoms with Crippen LogP contribution in [-0.2, 0) is 23.7 Å². The van der Waals surface area contributed by atoms with Gasteiger partial charge in [0, 0.05) is 21.9 Å². The molecular weight excluding hydrogens is 1440 g/mol. The molecule has 0 aliphatic carbocycles. The van der Waals surface area contributed by atoms with E-state index in [2.05, 4.69) is 32.5 Å². The van der Waals surface area contributed by atoms with Crippen LogP contribution in [0.4, 0.5) is 0 Å². The van der Waals surface area contributed by atoms with E-state index in [0.717, 1.165) is 36.4 Å². The van der Waals surface area contributed by atoms with E-state index in [1.165, 1.54) is 72.8 Å². The van der Waals surface area contributed by atoms with E-state index < -0.39 is 169 Å². The largest absolute Gasteiger partial charge is 0.478 e. The van der Waals surface area contributed by atoms with Crippen LogP contribution in [0.2, 0.25) is 0 Å². The lowest BCUT2D eigenvalue weighted by Crippen LogP contribution is -2.25. The second-order valence-electron chi connectivity index (χ2n) is 21.5. The van der Waals surface area contributed by atoms with Crippen LogP contribution in [0.25, 0.3) is 32.3 Å². The number of aromatic carboxylic acids is 8. The standard InChI is InChI=1S/C17H6O7.C14H4O6.C10H6O8.C10H2O6.C9H6O6.C9H4O5/c18-13(7-1-3-9-11(5-7)16(21)23-14(9)19)8-2-4-10-12(6-8)17(22)24-15(10)20;15-11-5-1-2-6-10-8(14(18)20-12(6)16)4-3-7(9(5)10)13(17)19-11;11-7(12)3-1-4(8(13)14)6(10(17)18)2-5(3)9(15)16;11-7-3-1-4-6(10(14)16-8(4)12)2-5(3)9(13)15-7;10-7(11)4-1-2-5(8(12)13)6(3-4)9(14)15;10-7(11)4-1-2-5-6(3-4)9(13)14-8(5)12/h1-6H;1-4H;1-2H,(H,11,12)(H,13,14)(H,15,16)(H,17,18);1-2H;1-3H,(H,10,11)(H,12,13)(H,14,15);1-3H,(H,10,11). The predicted octanol–water partition coefficient (Wildman–Crippen LogP) is 4.45. The summed E-state index contributed by atoms with van der Waals surface area (Å²) in [5.74, 6) is -20.3. The Kier molecular flexibility index (Phi) is 19.3. The molecule has 5 aliphatic rings. The molecule has 15 rings (SSSR count). The third kappa shape index (κ3) is 13.9. The number of esters is 10. The number of hydrogen-bond acceptors (Lipinski definition) is 30. The minimum absolute atomic E-state index is 0.00917. The zero-order valence-electron chi connectivity index (χ0n) is 51.9. The lowest BCUT2D eigenvalue weighted by Gasteiger charge is -2.21. The summed E-state index contributed by atoms with van der Waals surface area (Å²) < 4.78 is 31.1. The Morgan fingerprint density at radius 1 is 0.206 bits per heavy atom. The average molecular weight is 1460 g/mol. The number of carbonyl (C=O) groups is 19. The number of hydrogen-bond donors (Lipinski definition) is 8. The molecule has 0 saturated carbocycles. The highest BCUT2D eigenvalue weighted by molar-refractivity contribution is 6.29. The van der Waals surface area contributed by atoms with Gasteiger partial charge in [0.2, 0.25) is 0 Å². The summed E-state index contributed by atoms with van der Waals surface area (Å²) in [6.07, 6.45) is 0. The lowest BCUT2D eigenvalue weighted by atomic mass is 9.89. The maximum atomic E-state index is 12.5. The van der Waals surface area contributed by atoms with Gasteiger partial charge in [0.1, 0.15) is 0 Å². The molecule has 2 aromatic heterocycles. The Labute approximate surface area is 582 Å². The first-order valence-electron chi connectivity index (χ1n) is 28.7. The number of carboxylic acid groups (broad SMARTS) is 8. The second kappa shape index (κ2) is 28.2. The molecule has 0 atom stereocenters. The topological polar surface area (TPSA) is 627 Å². The molecule has 8 N–H and O–H groups in total. The van der Waals surface area contributed by atoms with Crippen molar-refractivity contribution >= 4 is 146 Å². The highest BCUT2D eigenvalue weighted by Gasteiger charge is 2.37. The van der Waals surface area contributed by atoms with Crippen LogP contribution in [0.3, 0.4) is 0 Å². The van der Waals surface area contributed by atoms with Gasteiger partial charge >= 0.3 is 130 Å². The van der Waals surface area contributed by atoms with E-state index >= 15 is 0 Å². The lowest BCUT2D eigenvalue weighted by molar-refractivity contribution is 0.0366. The van der Waals surface area contributed by atoms with E-state index in [-0.39, 0.29) is 110 Å². The molecule has 7 heterocycles. The molecule has 38 nitrogen and oxygen atoms in total. The highest BCUT2D eigenvalue weighted by atomic mass is 16.6. The Morgan fingerprint density at radius 3 is 0.692 bits per heavy atom. The molecule has 0 saturated heterocycles. The molecule has 5 aliphatic heterocycles. The van der Waals surface area contributed by atoms with Crippen LogP contribution in [0, 0.1) is 0 Å². The molecule has 107 heavy (non-hydrogen) atoms. The van der Waals surface area contributed by atoms with Crippen molar-refractivity contribution in [2.45, 2.75) is 0 Å². The number of furan rings is 2. The van der Waals surface area contributed by atoms with Crippen molar-refractivity contribution in [3.8, 4) is 0 Å². The van der Waals surface area contributed by atoms with Crippen LogP contribution in [-0.4, -0.2) is 154 Å². The van der Waals surface area contributed by atoms with Crippen LogP contribution in [0.15, 0.2) is 149 Å². The van der Waals surface area contributed by atoms with Gasteiger partial charge in [0.25, 0.3) is 0 Å². The third-order valence-electron chi connectivity index (χ3n) is 15.3. The fraction of sp³-hybridized carbons (Fsp3) is 0. The number of benzene rings is 8. The molecule has 10 aromatic rings. The molecule has 532 valence electrons. The Hall–Kier alpha value is -16.6. The zero-order valence-corrected chi connectivity index (χ0v) is 51.9. The fourth-order valence-electron chi connectivity index (χ4n) is 10.4. The van der Waals surface area contributed by atoms with Gasteiger partial charge in [-0.25, -0.2) is 105 Å². The minimum Gasteiger partial charge on any atom is -0.478 e. The zero-order chi connectivity index (χ0) is 78.4. The Bertz CT molecular complexity index is 5690. The highest BCUT2D eigenvalue weighted by Crippen LogP contribution is 2.37. The number of ketones is 1. The SMILES string of the molecule is O=C(O)c1cc(C(=O)O)c(C(=O)O)cc1C(=O)O.O=C(O)c1ccc(C(=O)O)c(C(=O)O)c1.O=C(O)c1ccc2c(c1)C(=O)OC2=O.O=C(c1ccc2c(c1)C(=O)OC2=O)c1ccc2c(c1)C(=O)OC2=O.O=C1OC(=O)c2ccc3c4c(ccc1c24)C(=O)OC3=O.O=c1oc(=O)c2cc3c(=O)oc(=O)c3cc12. The molecule has 0 unspecified atom stereocenters. The van der Waals surface area contributed by atoms with E-state index in [1.807, 2.05) is 0 Å². The Balaban J connectivity index is 0.000000139. The molecule has 8 aromatic carbocycles. The molecule has 0 fully saturated rings. The summed E-state index contributed by atoms with van der Waals surface area (Å²) in [4.78, 5) is 258. The quantitative estimate of drug-likeness (QED) is 0.0406. The number of ether oxygens (including phenoxy) is 5. The van der Waals surface area contributed by atoms with Gasteiger partial charge in [0.05, 0.1) is 122 Å². The molecule has 0 amide bonds. The van der Waals surface area contributed by atoms with Crippen LogP contribution in [0.5, 0.6) is 0 Å². The molecule has 38 heteroatoms. The van der Waals surface area contributed by atoms with Crippen molar-refractivity contribution in [3.05, 3.63) is 274 Å². The monoisotopic (exact) mass is 1460 g/mol. The van der Waals surface area contributed by atoms with Gasteiger partial charge in [-0.15, -0.1) is 0 Å².